The average Bonchev–Trinajstić information content (AvgIpc) is 3.04. The molecule has 1 aromatic carbocycles. The first kappa shape index (κ1) is 15.3. The predicted octanol–water partition coefficient (Wildman–Crippen LogP) is 3.25. The molecule has 0 bridgehead atoms. The smallest absolute Gasteiger partial charge is 0.0480 e. The molecule has 0 spiro atoms. The molecule has 0 unspecified atom stereocenters. The third-order valence-corrected chi connectivity index (χ3v) is 4.91. The van der Waals surface area contributed by atoms with E-state index >= 15 is 0 Å². The first-order valence-corrected chi connectivity index (χ1v) is 8.51. The van der Waals surface area contributed by atoms with Gasteiger partial charge in [-0.15, -0.1) is 0 Å². The molecule has 0 amide bonds. The Morgan fingerprint density at radius 2 is 1.81 bits per heavy atom. The fraction of sp³-hybridized carbons (Fsp3) is 0.647. The number of rotatable bonds is 5. The summed E-state index contributed by atoms with van der Waals surface area (Å²) in [6, 6.07) is 9.44. The van der Waals surface area contributed by atoms with Gasteiger partial charge >= 0.3 is 0 Å². The summed E-state index contributed by atoms with van der Waals surface area (Å²) in [7, 11) is 0. The summed E-state index contributed by atoms with van der Waals surface area (Å²) >= 11 is 6.03. The highest BCUT2D eigenvalue weighted by Gasteiger charge is 2.24. The number of hydrogen-bond acceptors (Lipinski definition) is 3. The van der Waals surface area contributed by atoms with Crippen molar-refractivity contribution in [2.75, 3.05) is 32.8 Å². The van der Waals surface area contributed by atoms with Gasteiger partial charge in [0.1, 0.15) is 0 Å². The highest BCUT2D eigenvalue weighted by atomic mass is 35.5. The Labute approximate surface area is 132 Å². The van der Waals surface area contributed by atoms with Gasteiger partial charge in [-0.3, -0.25) is 4.90 Å². The van der Waals surface area contributed by atoms with E-state index < -0.39 is 0 Å². The molecule has 4 heteroatoms. The third-order valence-electron chi connectivity index (χ3n) is 4.66. The molecule has 3 rings (SSSR count). The number of nitrogens with zero attached hydrogens (tertiary/aromatic N) is 1. The van der Waals surface area contributed by atoms with Crippen molar-refractivity contribution in [2.45, 2.75) is 37.8 Å². The highest BCUT2D eigenvalue weighted by Crippen LogP contribution is 2.26. The van der Waals surface area contributed by atoms with Crippen molar-refractivity contribution in [1.29, 1.82) is 0 Å². The number of ether oxygens (including phenoxy) is 1. The minimum Gasteiger partial charge on any atom is -0.381 e. The quantitative estimate of drug-likeness (QED) is 0.904. The maximum absolute atomic E-state index is 6.03. The molecule has 2 fully saturated rings. The maximum atomic E-state index is 6.03. The third kappa shape index (κ3) is 4.19. The average molecular weight is 309 g/mol. The second kappa shape index (κ2) is 7.59. The van der Waals surface area contributed by atoms with Crippen LogP contribution >= 0.6 is 11.6 Å². The largest absolute Gasteiger partial charge is 0.381 e. The van der Waals surface area contributed by atoms with Crippen LogP contribution in [0.3, 0.4) is 0 Å². The lowest BCUT2D eigenvalue weighted by Gasteiger charge is -2.31. The molecule has 0 aromatic heterocycles. The van der Waals surface area contributed by atoms with E-state index in [9.17, 15) is 0 Å². The van der Waals surface area contributed by atoms with Crippen LogP contribution in [0.15, 0.2) is 24.3 Å². The Kier molecular flexibility index (Phi) is 5.53. The SMILES string of the molecule is Clc1ccc([C@H](CNC2CCOCC2)N2CCCC2)cc1. The van der Waals surface area contributed by atoms with Crippen molar-refractivity contribution < 1.29 is 4.74 Å². The van der Waals surface area contributed by atoms with E-state index in [1.165, 1.54) is 31.5 Å². The molecule has 2 aliphatic heterocycles. The van der Waals surface area contributed by atoms with E-state index in [0.29, 0.717) is 12.1 Å². The van der Waals surface area contributed by atoms with E-state index in [1.54, 1.807) is 0 Å². The zero-order chi connectivity index (χ0) is 14.5. The first-order valence-electron chi connectivity index (χ1n) is 8.13. The van der Waals surface area contributed by atoms with Crippen molar-refractivity contribution >= 4 is 11.6 Å². The van der Waals surface area contributed by atoms with Gasteiger partial charge in [0.25, 0.3) is 0 Å². The van der Waals surface area contributed by atoms with E-state index in [0.717, 1.165) is 37.6 Å². The van der Waals surface area contributed by atoms with Gasteiger partial charge in [-0.25, -0.2) is 0 Å². The van der Waals surface area contributed by atoms with Crippen LogP contribution in [0.5, 0.6) is 0 Å². The molecule has 2 heterocycles. The first-order chi connectivity index (χ1) is 10.3. The summed E-state index contributed by atoms with van der Waals surface area (Å²) in [5.74, 6) is 0. The summed E-state index contributed by atoms with van der Waals surface area (Å²) < 4.78 is 5.44. The van der Waals surface area contributed by atoms with Crippen molar-refractivity contribution in [1.82, 2.24) is 10.2 Å². The molecule has 0 saturated carbocycles. The number of benzene rings is 1. The topological polar surface area (TPSA) is 24.5 Å². The number of likely N-dealkylation sites (tertiary alicyclic amines) is 1. The lowest BCUT2D eigenvalue weighted by atomic mass is 10.0. The van der Waals surface area contributed by atoms with Crippen LogP contribution in [0.1, 0.15) is 37.3 Å². The molecule has 3 nitrogen and oxygen atoms in total. The molecular formula is C17H25ClN2O. The van der Waals surface area contributed by atoms with Gasteiger partial charge in [0.15, 0.2) is 0 Å². The van der Waals surface area contributed by atoms with Crippen LogP contribution in [-0.2, 0) is 4.74 Å². The second-order valence-corrected chi connectivity index (χ2v) is 6.54. The van der Waals surface area contributed by atoms with Crippen LogP contribution in [0.2, 0.25) is 5.02 Å². The monoisotopic (exact) mass is 308 g/mol. The van der Waals surface area contributed by atoms with E-state index in [4.69, 9.17) is 16.3 Å². The molecule has 1 atom stereocenters. The van der Waals surface area contributed by atoms with Gasteiger partial charge < -0.3 is 10.1 Å². The van der Waals surface area contributed by atoms with Crippen molar-refractivity contribution in [3.63, 3.8) is 0 Å². The lowest BCUT2D eigenvalue weighted by molar-refractivity contribution is 0.0754. The molecule has 2 aliphatic rings. The summed E-state index contributed by atoms with van der Waals surface area (Å²) in [6.07, 6.45) is 4.91. The summed E-state index contributed by atoms with van der Waals surface area (Å²) in [5, 5.41) is 4.57. The molecule has 2 saturated heterocycles. The Bertz CT molecular complexity index is 425. The summed E-state index contributed by atoms with van der Waals surface area (Å²) in [4.78, 5) is 2.61. The van der Waals surface area contributed by atoms with Crippen LogP contribution in [0.25, 0.3) is 0 Å². The van der Waals surface area contributed by atoms with Gasteiger partial charge in [-0.1, -0.05) is 23.7 Å². The van der Waals surface area contributed by atoms with Gasteiger partial charge in [0.2, 0.25) is 0 Å². The zero-order valence-electron chi connectivity index (χ0n) is 12.6. The number of nitrogens with one attached hydrogen (secondary N) is 1. The molecule has 0 radical (unpaired) electrons. The fourth-order valence-electron chi connectivity index (χ4n) is 3.38. The van der Waals surface area contributed by atoms with Crippen molar-refractivity contribution in [3.05, 3.63) is 34.9 Å². The summed E-state index contributed by atoms with van der Waals surface area (Å²) in [6.45, 7) is 5.23. The van der Waals surface area contributed by atoms with Crippen LogP contribution < -0.4 is 5.32 Å². The van der Waals surface area contributed by atoms with Crippen molar-refractivity contribution in [2.24, 2.45) is 0 Å². The van der Waals surface area contributed by atoms with Crippen LogP contribution in [-0.4, -0.2) is 43.8 Å². The molecule has 21 heavy (non-hydrogen) atoms. The summed E-state index contributed by atoms with van der Waals surface area (Å²) in [5.41, 5.74) is 1.38. The van der Waals surface area contributed by atoms with Gasteiger partial charge in [-0.2, -0.15) is 0 Å². The highest BCUT2D eigenvalue weighted by molar-refractivity contribution is 6.30. The zero-order valence-corrected chi connectivity index (χ0v) is 13.3. The molecule has 1 N–H and O–H groups in total. The number of halogens is 1. The maximum Gasteiger partial charge on any atom is 0.0480 e. The molecule has 116 valence electrons. The minimum atomic E-state index is 0.465. The Hall–Kier alpha value is -0.610. The molecule has 0 aliphatic carbocycles. The van der Waals surface area contributed by atoms with Gasteiger partial charge in [0.05, 0.1) is 0 Å². The Morgan fingerprint density at radius 3 is 2.48 bits per heavy atom. The van der Waals surface area contributed by atoms with Gasteiger partial charge in [-0.05, 0) is 56.5 Å². The minimum absolute atomic E-state index is 0.465. The standard InChI is InChI=1S/C17H25ClN2O/c18-15-5-3-14(4-6-15)17(20-9-1-2-10-20)13-19-16-7-11-21-12-8-16/h3-6,16-17,19H,1-2,7-13H2/t17-/m0/s1. The lowest BCUT2D eigenvalue weighted by Crippen LogP contribution is -2.41. The van der Waals surface area contributed by atoms with E-state index in [-0.39, 0.29) is 0 Å². The second-order valence-electron chi connectivity index (χ2n) is 6.11. The van der Waals surface area contributed by atoms with E-state index in [1.807, 2.05) is 12.1 Å². The van der Waals surface area contributed by atoms with Crippen LogP contribution in [0, 0.1) is 0 Å². The van der Waals surface area contributed by atoms with Crippen LogP contribution in [0.4, 0.5) is 0 Å². The Balaban J connectivity index is 1.65. The normalized spacial score (nSPS) is 22.5. The molecular weight excluding hydrogens is 284 g/mol. The van der Waals surface area contributed by atoms with Gasteiger partial charge in [0, 0.05) is 36.9 Å². The Morgan fingerprint density at radius 1 is 1.14 bits per heavy atom. The predicted molar refractivity (Wildman–Crippen MR) is 86.8 cm³/mol. The number of hydrogen-bond donors (Lipinski definition) is 1. The fourth-order valence-corrected chi connectivity index (χ4v) is 3.50. The molecule has 1 aromatic rings. The van der Waals surface area contributed by atoms with E-state index in [2.05, 4.69) is 22.3 Å². The van der Waals surface area contributed by atoms with Crippen molar-refractivity contribution in [3.8, 4) is 0 Å².